The Labute approximate surface area is 120 Å². The Hall–Kier alpha value is -0.780. The quantitative estimate of drug-likeness (QED) is 0.913. The summed E-state index contributed by atoms with van der Waals surface area (Å²) in [4.78, 5) is 0. The van der Waals surface area contributed by atoms with Crippen molar-refractivity contribution >= 4 is 27.3 Å². The van der Waals surface area contributed by atoms with Crippen LogP contribution in [0.1, 0.15) is 35.0 Å². The minimum atomic E-state index is 0.321. The molecule has 1 aromatic carbocycles. The van der Waals surface area contributed by atoms with Crippen LogP contribution in [-0.4, -0.2) is 17.2 Å². The summed E-state index contributed by atoms with van der Waals surface area (Å²) < 4.78 is 1.10. The lowest BCUT2D eigenvalue weighted by molar-refractivity contribution is 0.568. The van der Waals surface area contributed by atoms with Crippen LogP contribution in [0.3, 0.4) is 0 Å². The van der Waals surface area contributed by atoms with Gasteiger partial charge in [0.25, 0.3) is 0 Å². The maximum absolute atomic E-state index is 4.27. The smallest absolute Gasteiger partial charge is 0.134 e. The first-order valence-corrected chi connectivity index (χ1v) is 7.58. The van der Waals surface area contributed by atoms with Crippen molar-refractivity contribution < 1.29 is 0 Å². The Morgan fingerprint density at radius 1 is 1.28 bits per heavy atom. The third-order valence-electron chi connectivity index (χ3n) is 2.81. The molecule has 96 valence electrons. The fourth-order valence-corrected chi connectivity index (χ4v) is 3.09. The lowest BCUT2D eigenvalue weighted by Gasteiger charge is -2.08. The van der Waals surface area contributed by atoms with Crippen molar-refractivity contribution in [3.63, 3.8) is 0 Å². The van der Waals surface area contributed by atoms with Gasteiger partial charge >= 0.3 is 0 Å². The molecule has 1 atom stereocenters. The second-order valence-electron chi connectivity index (χ2n) is 4.09. The lowest BCUT2D eigenvalue weighted by atomic mass is 10.2. The fraction of sp³-hybridized carbons (Fsp3) is 0.385. The van der Waals surface area contributed by atoms with Gasteiger partial charge in [0.2, 0.25) is 0 Å². The van der Waals surface area contributed by atoms with Crippen molar-refractivity contribution in [1.82, 2.24) is 15.5 Å². The van der Waals surface area contributed by atoms with Gasteiger partial charge in [-0.15, -0.1) is 10.2 Å². The van der Waals surface area contributed by atoms with Crippen LogP contribution in [-0.2, 0) is 6.42 Å². The van der Waals surface area contributed by atoms with Gasteiger partial charge in [0.15, 0.2) is 0 Å². The monoisotopic (exact) mass is 325 g/mol. The highest BCUT2D eigenvalue weighted by Crippen LogP contribution is 2.22. The zero-order valence-corrected chi connectivity index (χ0v) is 12.9. The number of benzene rings is 1. The minimum absolute atomic E-state index is 0.321. The van der Waals surface area contributed by atoms with E-state index in [4.69, 9.17) is 0 Å². The average Bonchev–Trinajstić information content (AvgIpc) is 2.82. The second-order valence-corrected chi connectivity index (χ2v) is 6.10. The van der Waals surface area contributed by atoms with Crippen LogP contribution < -0.4 is 5.32 Å². The van der Waals surface area contributed by atoms with E-state index >= 15 is 0 Å². The van der Waals surface area contributed by atoms with Crippen molar-refractivity contribution in [1.29, 1.82) is 0 Å². The second kappa shape index (κ2) is 6.41. The molecule has 0 spiro atoms. The summed E-state index contributed by atoms with van der Waals surface area (Å²) in [5.41, 5.74) is 1.26. The Morgan fingerprint density at radius 3 is 2.61 bits per heavy atom. The van der Waals surface area contributed by atoms with Gasteiger partial charge in [-0.3, -0.25) is 0 Å². The summed E-state index contributed by atoms with van der Waals surface area (Å²) in [6, 6.07) is 8.65. The maximum Gasteiger partial charge on any atom is 0.134 e. The predicted molar refractivity (Wildman–Crippen MR) is 78.9 cm³/mol. The number of aromatic nitrogens is 2. The summed E-state index contributed by atoms with van der Waals surface area (Å²) >= 11 is 5.13. The molecule has 2 rings (SSSR count). The van der Waals surface area contributed by atoms with E-state index < -0.39 is 0 Å². The van der Waals surface area contributed by atoms with Gasteiger partial charge in [-0.1, -0.05) is 46.3 Å². The molecule has 0 aliphatic heterocycles. The van der Waals surface area contributed by atoms with E-state index in [0.29, 0.717) is 6.04 Å². The summed E-state index contributed by atoms with van der Waals surface area (Å²) in [7, 11) is 1.96. The largest absolute Gasteiger partial charge is 0.311 e. The number of rotatable bonds is 5. The summed E-state index contributed by atoms with van der Waals surface area (Å²) in [6.45, 7) is 2.15. The molecule has 0 saturated heterocycles. The molecule has 1 heterocycles. The van der Waals surface area contributed by atoms with Crippen molar-refractivity contribution in [3.8, 4) is 0 Å². The van der Waals surface area contributed by atoms with Crippen LogP contribution in [0.15, 0.2) is 28.7 Å². The van der Waals surface area contributed by atoms with Gasteiger partial charge in [0.05, 0.1) is 6.04 Å². The molecule has 0 aliphatic carbocycles. The molecule has 1 aromatic heterocycles. The average molecular weight is 326 g/mol. The normalized spacial score (nSPS) is 12.6. The number of hydrogen-bond donors (Lipinski definition) is 1. The molecule has 5 heteroatoms. The fourth-order valence-electron chi connectivity index (χ4n) is 1.76. The third-order valence-corrected chi connectivity index (χ3v) is 4.37. The topological polar surface area (TPSA) is 37.8 Å². The molecule has 0 saturated carbocycles. The van der Waals surface area contributed by atoms with Gasteiger partial charge in [0, 0.05) is 10.9 Å². The zero-order valence-electron chi connectivity index (χ0n) is 10.5. The number of nitrogens with one attached hydrogen (secondary N) is 1. The molecular weight excluding hydrogens is 310 g/mol. The van der Waals surface area contributed by atoms with Gasteiger partial charge in [-0.2, -0.15) is 0 Å². The first-order chi connectivity index (χ1) is 8.72. The predicted octanol–water partition coefficient (Wildman–Crippen LogP) is 3.56. The van der Waals surface area contributed by atoms with E-state index in [1.165, 1.54) is 5.56 Å². The van der Waals surface area contributed by atoms with E-state index in [0.717, 1.165) is 27.3 Å². The van der Waals surface area contributed by atoms with E-state index in [9.17, 15) is 0 Å². The Kier molecular flexibility index (Phi) is 4.86. The van der Waals surface area contributed by atoms with Crippen LogP contribution in [0.25, 0.3) is 0 Å². The van der Waals surface area contributed by atoms with Crippen LogP contribution in [0.4, 0.5) is 0 Å². The first-order valence-electron chi connectivity index (χ1n) is 5.97. The lowest BCUT2D eigenvalue weighted by Crippen LogP contribution is -2.14. The van der Waals surface area contributed by atoms with E-state index in [-0.39, 0.29) is 0 Å². The van der Waals surface area contributed by atoms with Crippen molar-refractivity contribution in [3.05, 3.63) is 44.3 Å². The zero-order chi connectivity index (χ0) is 13.0. The van der Waals surface area contributed by atoms with Crippen molar-refractivity contribution in [2.75, 3.05) is 7.05 Å². The van der Waals surface area contributed by atoms with Crippen LogP contribution >= 0.6 is 27.3 Å². The van der Waals surface area contributed by atoms with Crippen LogP contribution in [0, 0.1) is 0 Å². The molecule has 0 amide bonds. The number of hydrogen-bond acceptors (Lipinski definition) is 4. The first kappa shape index (κ1) is 13.6. The molecule has 1 N–H and O–H groups in total. The Balaban J connectivity index is 2.08. The molecule has 0 aliphatic rings. The molecule has 1 unspecified atom stereocenters. The third kappa shape index (κ3) is 3.37. The van der Waals surface area contributed by atoms with E-state index in [2.05, 4.69) is 62.6 Å². The van der Waals surface area contributed by atoms with E-state index in [1.54, 1.807) is 11.3 Å². The van der Waals surface area contributed by atoms with E-state index in [1.807, 2.05) is 7.05 Å². The molecular formula is C13H16BrN3S. The Morgan fingerprint density at radius 2 is 2.00 bits per heavy atom. The molecule has 0 radical (unpaired) electrons. The molecule has 0 bridgehead atoms. The summed E-state index contributed by atoms with van der Waals surface area (Å²) in [5, 5.41) is 13.9. The highest BCUT2D eigenvalue weighted by Gasteiger charge is 2.12. The Bertz CT molecular complexity index is 491. The van der Waals surface area contributed by atoms with Gasteiger partial charge in [-0.05, 0) is 31.2 Å². The van der Waals surface area contributed by atoms with Gasteiger partial charge in [0.1, 0.15) is 10.0 Å². The van der Waals surface area contributed by atoms with Crippen molar-refractivity contribution in [2.24, 2.45) is 0 Å². The summed E-state index contributed by atoms with van der Waals surface area (Å²) in [5.74, 6) is 0. The number of halogens is 1. The van der Waals surface area contributed by atoms with Gasteiger partial charge in [-0.25, -0.2) is 0 Å². The van der Waals surface area contributed by atoms with Crippen LogP contribution in [0.5, 0.6) is 0 Å². The van der Waals surface area contributed by atoms with Crippen molar-refractivity contribution in [2.45, 2.75) is 25.8 Å². The molecule has 2 aromatic rings. The summed E-state index contributed by atoms with van der Waals surface area (Å²) in [6.07, 6.45) is 1.88. The van der Waals surface area contributed by atoms with Crippen LogP contribution in [0.2, 0.25) is 0 Å². The SMILES string of the molecule is CCC(NC)c1nnc(Cc2ccc(Br)cc2)s1. The number of nitrogens with zero attached hydrogens (tertiary/aromatic N) is 2. The highest BCUT2D eigenvalue weighted by atomic mass is 79.9. The maximum atomic E-state index is 4.27. The molecule has 0 fully saturated rings. The standard InChI is InChI=1S/C13H16BrN3S/c1-3-11(15-2)13-17-16-12(18-13)8-9-4-6-10(14)7-5-9/h4-7,11,15H,3,8H2,1-2H3. The minimum Gasteiger partial charge on any atom is -0.311 e. The molecule has 3 nitrogen and oxygen atoms in total. The highest BCUT2D eigenvalue weighted by molar-refractivity contribution is 9.10. The molecule has 18 heavy (non-hydrogen) atoms. The van der Waals surface area contributed by atoms with Gasteiger partial charge < -0.3 is 5.32 Å².